The number of Topliss-reactive ketones (excluding diaryl/α,β-unsaturated/α-hetero) is 1. The van der Waals surface area contributed by atoms with E-state index in [9.17, 15) is 4.79 Å². The summed E-state index contributed by atoms with van der Waals surface area (Å²) in [4.78, 5) is 12.4. The van der Waals surface area contributed by atoms with E-state index < -0.39 is 6.10 Å². The maximum Gasteiger partial charge on any atom is 0.204 e. The first kappa shape index (κ1) is 15.9. The Morgan fingerprint density at radius 1 is 1.10 bits per heavy atom. The number of aryl methyl sites for hydroxylation is 2. The Bertz CT molecular complexity index is 680. The monoisotopic (exact) mass is 322 g/mol. The van der Waals surface area contributed by atoms with Crippen LogP contribution in [0.5, 0.6) is 5.75 Å². The van der Waals surface area contributed by atoms with Crippen molar-refractivity contribution in [2.75, 3.05) is 0 Å². The fourth-order valence-corrected chi connectivity index (χ4v) is 2.59. The van der Waals surface area contributed by atoms with Crippen LogP contribution in [0, 0.1) is 13.8 Å². The van der Waals surface area contributed by atoms with Gasteiger partial charge in [0.25, 0.3) is 0 Å². The van der Waals surface area contributed by atoms with Gasteiger partial charge in [0.05, 0.1) is 5.02 Å². The van der Waals surface area contributed by atoms with E-state index in [1.165, 1.54) is 0 Å². The van der Waals surface area contributed by atoms with Gasteiger partial charge in [-0.05, 0) is 50.6 Å². The fraction of sp³-hybridized carbons (Fsp3) is 0.235. The minimum absolute atomic E-state index is 0.170. The molecule has 2 aromatic carbocycles. The van der Waals surface area contributed by atoms with Gasteiger partial charge in [0.15, 0.2) is 6.10 Å². The van der Waals surface area contributed by atoms with Crippen molar-refractivity contribution in [3.63, 3.8) is 0 Å². The predicted molar refractivity (Wildman–Crippen MR) is 86.8 cm³/mol. The number of hydrogen-bond acceptors (Lipinski definition) is 2. The lowest BCUT2D eigenvalue weighted by atomic mass is 10.1. The molecule has 4 heteroatoms. The SMILES string of the molecule is Cc1ccc(OC(C)C(=O)c2ccc(Cl)cc2Cl)c(C)c1. The number of carbonyl (C=O) groups excluding carboxylic acids is 1. The maximum atomic E-state index is 12.4. The third-order valence-corrected chi connectivity index (χ3v) is 3.75. The zero-order valence-corrected chi connectivity index (χ0v) is 13.6. The number of ether oxygens (including phenoxy) is 1. The number of rotatable bonds is 4. The highest BCUT2D eigenvalue weighted by atomic mass is 35.5. The largest absolute Gasteiger partial charge is 0.482 e. The van der Waals surface area contributed by atoms with E-state index in [0.29, 0.717) is 21.4 Å². The van der Waals surface area contributed by atoms with Crippen LogP contribution in [0.1, 0.15) is 28.4 Å². The quantitative estimate of drug-likeness (QED) is 0.717. The molecule has 1 unspecified atom stereocenters. The van der Waals surface area contributed by atoms with E-state index >= 15 is 0 Å². The summed E-state index contributed by atoms with van der Waals surface area (Å²) in [7, 11) is 0. The molecule has 1 atom stereocenters. The Labute approximate surface area is 134 Å². The molecule has 2 rings (SSSR count). The molecule has 0 fully saturated rings. The van der Waals surface area contributed by atoms with Crippen LogP contribution in [0.15, 0.2) is 36.4 Å². The molecule has 2 nitrogen and oxygen atoms in total. The number of benzene rings is 2. The lowest BCUT2D eigenvalue weighted by molar-refractivity contribution is 0.0817. The van der Waals surface area contributed by atoms with E-state index in [2.05, 4.69) is 0 Å². The van der Waals surface area contributed by atoms with E-state index in [1.54, 1.807) is 25.1 Å². The van der Waals surface area contributed by atoms with Gasteiger partial charge >= 0.3 is 0 Å². The van der Waals surface area contributed by atoms with Crippen LogP contribution in [0.3, 0.4) is 0 Å². The van der Waals surface area contributed by atoms with E-state index in [0.717, 1.165) is 11.1 Å². The van der Waals surface area contributed by atoms with Gasteiger partial charge in [0.2, 0.25) is 5.78 Å². The van der Waals surface area contributed by atoms with Crippen molar-refractivity contribution in [1.29, 1.82) is 0 Å². The third kappa shape index (κ3) is 3.78. The van der Waals surface area contributed by atoms with Crippen molar-refractivity contribution in [2.24, 2.45) is 0 Å². The van der Waals surface area contributed by atoms with Crippen molar-refractivity contribution < 1.29 is 9.53 Å². The molecule has 0 spiro atoms. The van der Waals surface area contributed by atoms with Crippen LogP contribution in [-0.2, 0) is 0 Å². The summed E-state index contributed by atoms with van der Waals surface area (Å²) in [6, 6.07) is 10.7. The second-order valence-corrected chi connectivity index (χ2v) is 5.86. The lowest BCUT2D eigenvalue weighted by Crippen LogP contribution is -2.24. The third-order valence-electron chi connectivity index (χ3n) is 3.20. The topological polar surface area (TPSA) is 26.3 Å². The van der Waals surface area contributed by atoms with Gasteiger partial charge in [0.1, 0.15) is 5.75 Å². The smallest absolute Gasteiger partial charge is 0.204 e. The molecule has 0 saturated carbocycles. The van der Waals surface area contributed by atoms with Gasteiger partial charge in [-0.2, -0.15) is 0 Å². The molecule has 0 aliphatic carbocycles. The highest BCUT2D eigenvalue weighted by molar-refractivity contribution is 6.37. The Kier molecular flexibility index (Phi) is 4.92. The fourth-order valence-electron chi connectivity index (χ4n) is 2.08. The summed E-state index contributed by atoms with van der Waals surface area (Å²) in [5.74, 6) is 0.531. The molecule has 0 aromatic heterocycles. The first-order chi connectivity index (χ1) is 9.88. The molecule has 0 amide bonds. The molecular formula is C17H16Cl2O2. The van der Waals surface area contributed by atoms with E-state index in [-0.39, 0.29) is 5.78 Å². The van der Waals surface area contributed by atoms with Crippen molar-refractivity contribution in [3.05, 3.63) is 63.1 Å². The first-order valence-electron chi connectivity index (χ1n) is 6.61. The molecular weight excluding hydrogens is 307 g/mol. The number of ketones is 1. The molecule has 0 saturated heterocycles. The number of halogens is 2. The Hall–Kier alpha value is -1.51. The lowest BCUT2D eigenvalue weighted by Gasteiger charge is -2.16. The number of hydrogen-bond donors (Lipinski definition) is 0. The normalized spacial score (nSPS) is 12.0. The summed E-state index contributed by atoms with van der Waals surface area (Å²) in [6.07, 6.45) is -0.620. The molecule has 0 N–H and O–H groups in total. The molecule has 0 radical (unpaired) electrons. The van der Waals surface area contributed by atoms with Crippen LogP contribution in [0.25, 0.3) is 0 Å². The van der Waals surface area contributed by atoms with Crippen LogP contribution in [-0.4, -0.2) is 11.9 Å². The van der Waals surface area contributed by atoms with Crippen molar-refractivity contribution in [1.82, 2.24) is 0 Å². The Morgan fingerprint density at radius 3 is 2.43 bits per heavy atom. The predicted octanol–water partition coefficient (Wildman–Crippen LogP) is 5.26. The van der Waals surface area contributed by atoms with Crippen LogP contribution >= 0.6 is 23.2 Å². The molecule has 21 heavy (non-hydrogen) atoms. The van der Waals surface area contributed by atoms with Gasteiger partial charge < -0.3 is 4.74 Å². The van der Waals surface area contributed by atoms with Crippen molar-refractivity contribution in [2.45, 2.75) is 26.9 Å². The molecule has 0 aliphatic rings. The van der Waals surface area contributed by atoms with Crippen molar-refractivity contribution >= 4 is 29.0 Å². The number of carbonyl (C=O) groups is 1. The van der Waals surface area contributed by atoms with Gasteiger partial charge in [-0.25, -0.2) is 0 Å². The van der Waals surface area contributed by atoms with Crippen LogP contribution in [0.4, 0.5) is 0 Å². The molecule has 110 valence electrons. The van der Waals surface area contributed by atoms with Crippen LogP contribution < -0.4 is 4.74 Å². The van der Waals surface area contributed by atoms with E-state index in [4.69, 9.17) is 27.9 Å². The zero-order chi connectivity index (χ0) is 15.6. The minimum atomic E-state index is -0.620. The second-order valence-electron chi connectivity index (χ2n) is 5.02. The van der Waals surface area contributed by atoms with Gasteiger partial charge in [-0.3, -0.25) is 4.79 Å². The zero-order valence-electron chi connectivity index (χ0n) is 12.1. The standard InChI is InChI=1S/C17H16Cl2O2/c1-10-4-7-16(11(2)8-10)21-12(3)17(20)14-6-5-13(18)9-15(14)19/h4-9,12H,1-3H3. The van der Waals surface area contributed by atoms with Gasteiger partial charge in [-0.1, -0.05) is 40.9 Å². The summed E-state index contributed by atoms with van der Waals surface area (Å²) in [5, 5.41) is 0.836. The average molecular weight is 323 g/mol. The molecule has 0 aliphatic heterocycles. The summed E-state index contributed by atoms with van der Waals surface area (Å²) < 4.78 is 5.76. The summed E-state index contributed by atoms with van der Waals surface area (Å²) in [6.45, 7) is 5.68. The highest BCUT2D eigenvalue weighted by Gasteiger charge is 2.20. The molecule has 2 aromatic rings. The molecule has 0 heterocycles. The van der Waals surface area contributed by atoms with Gasteiger partial charge in [-0.15, -0.1) is 0 Å². The molecule has 0 bridgehead atoms. The summed E-state index contributed by atoms with van der Waals surface area (Å²) in [5.41, 5.74) is 2.56. The average Bonchev–Trinajstić information content (AvgIpc) is 2.41. The van der Waals surface area contributed by atoms with Crippen LogP contribution in [0.2, 0.25) is 10.0 Å². The highest BCUT2D eigenvalue weighted by Crippen LogP contribution is 2.25. The van der Waals surface area contributed by atoms with Crippen molar-refractivity contribution in [3.8, 4) is 5.75 Å². The Balaban J connectivity index is 2.19. The minimum Gasteiger partial charge on any atom is -0.482 e. The maximum absolute atomic E-state index is 12.4. The van der Waals surface area contributed by atoms with E-state index in [1.807, 2.05) is 32.0 Å². The Morgan fingerprint density at radius 2 is 1.81 bits per heavy atom. The summed E-state index contributed by atoms with van der Waals surface area (Å²) >= 11 is 11.9. The van der Waals surface area contributed by atoms with Gasteiger partial charge in [0, 0.05) is 10.6 Å². The first-order valence-corrected chi connectivity index (χ1v) is 7.37. The second kappa shape index (κ2) is 6.50.